The van der Waals surface area contributed by atoms with Crippen LogP contribution in [0.1, 0.15) is 43.7 Å². The van der Waals surface area contributed by atoms with Crippen LogP contribution in [0.2, 0.25) is 0 Å². The van der Waals surface area contributed by atoms with Crippen molar-refractivity contribution in [1.29, 1.82) is 0 Å². The normalized spacial score (nSPS) is 17.4. The minimum Gasteiger partial charge on any atom is -0.497 e. The molecule has 1 aromatic heterocycles. The standard InChI is InChI=1S/C28H32FN3O7S/c1-17(2)13-22(31-28(35)25-15-18-14-19(38-3)10-11-24(18)39-25)27(34)30-21-8-6-12-32(16-23(21)33)40(36,37)26-9-5-4-7-20(26)29/h4-5,7,9-11,14-15,17,21-22H,6,8,12-13,16H2,1-3H3,(H,30,34)(H,31,35)/t21-,22?/m0/s1. The van der Waals surface area contributed by atoms with Gasteiger partial charge in [0.25, 0.3) is 5.91 Å². The summed E-state index contributed by atoms with van der Waals surface area (Å²) in [6, 6.07) is 9.71. The molecule has 3 aromatic rings. The molecule has 10 nitrogen and oxygen atoms in total. The second-order valence-electron chi connectivity index (χ2n) is 10.1. The average Bonchev–Trinajstić information content (AvgIpc) is 3.25. The Bertz CT molecular complexity index is 1520. The molecule has 0 saturated carbocycles. The molecule has 2 heterocycles. The van der Waals surface area contributed by atoms with Gasteiger partial charge in [-0.2, -0.15) is 4.31 Å². The van der Waals surface area contributed by atoms with Crippen LogP contribution in [-0.4, -0.2) is 62.6 Å². The van der Waals surface area contributed by atoms with Gasteiger partial charge in [0.05, 0.1) is 19.7 Å². The van der Waals surface area contributed by atoms with Crippen molar-refractivity contribution in [2.24, 2.45) is 5.92 Å². The van der Waals surface area contributed by atoms with E-state index in [0.717, 1.165) is 16.4 Å². The topological polar surface area (TPSA) is 135 Å². The van der Waals surface area contributed by atoms with E-state index in [4.69, 9.17) is 9.15 Å². The van der Waals surface area contributed by atoms with E-state index < -0.39 is 57.0 Å². The van der Waals surface area contributed by atoms with Crippen molar-refractivity contribution in [1.82, 2.24) is 14.9 Å². The molecule has 1 saturated heterocycles. The number of furan rings is 1. The number of sulfonamides is 1. The Morgan fingerprint density at radius 3 is 2.62 bits per heavy atom. The van der Waals surface area contributed by atoms with Gasteiger partial charge in [-0.3, -0.25) is 14.4 Å². The number of benzene rings is 2. The van der Waals surface area contributed by atoms with E-state index in [0.29, 0.717) is 23.1 Å². The van der Waals surface area contributed by atoms with Gasteiger partial charge in [-0.25, -0.2) is 12.8 Å². The highest BCUT2D eigenvalue weighted by molar-refractivity contribution is 7.89. The lowest BCUT2D eigenvalue weighted by atomic mass is 10.0. The first-order valence-electron chi connectivity index (χ1n) is 13.0. The molecule has 0 aliphatic carbocycles. The third-order valence-electron chi connectivity index (χ3n) is 6.67. The summed E-state index contributed by atoms with van der Waals surface area (Å²) in [4.78, 5) is 38.8. The van der Waals surface area contributed by atoms with Crippen molar-refractivity contribution in [3.8, 4) is 5.75 Å². The molecule has 4 rings (SSSR count). The van der Waals surface area contributed by atoms with Crippen LogP contribution < -0.4 is 15.4 Å². The number of methoxy groups -OCH3 is 1. The van der Waals surface area contributed by atoms with Crippen LogP contribution in [-0.2, 0) is 19.6 Å². The third-order valence-corrected chi connectivity index (χ3v) is 8.55. The van der Waals surface area contributed by atoms with Gasteiger partial charge in [0.2, 0.25) is 15.9 Å². The first-order chi connectivity index (χ1) is 19.0. The molecule has 1 aliphatic heterocycles. The maximum atomic E-state index is 14.2. The Balaban J connectivity index is 1.45. The average molecular weight is 574 g/mol. The lowest BCUT2D eigenvalue weighted by Gasteiger charge is -2.23. The van der Waals surface area contributed by atoms with E-state index in [-0.39, 0.29) is 31.1 Å². The maximum absolute atomic E-state index is 14.2. The lowest BCUT2D eigenvalue weighted by Crippen LogP contribution is -2.52. The van der Waals surface area contributed by atoms with Gasteiger partial charge < -0.3 is 19.8 Å². The Morgan fingerprint density at radius 2 is 1.93 bits per heavy atom. The molecule has 0 radical (unpaired) electrons. The number of rotatable bonds is 9. The van der Waals surface area contributed by atoms with E-state index in [1.54, 1.807) is 24.3 Å². The van der Waals surface area contributed by atoms with Crippen LogP contribution in [0, 0.1) is 11.7 Å². The van der Waals surface area contributed by atoms with Gasteiger partial charge in [-0.05, 0) is 61.6 Å². The first kappa shape index (κ1) is 29.2. The zero-order valence-electron chi connectivity index (χ0n) is 22.5. The Kier molecular flexibility index (Phi) is 8.89. The Labute approximate surface area is 231 Å². The fraction of sp³-hybridized carbons (Fsp3) is 0.393. The van der Waals surface area contributed by atoms with Crippen LogP contribution in [0.4, 0.5) is 4.39 Å². The molecule has 1 fully saturated rings. The van der Waals surface area contributed by atoms with Gasteiger partial charge >= 0.3 is 0 Å². The number of hydrogen-bond acceptors (Lipinski definition) is 7. The number of carbonyl (C=O) groups excluding carboxylic acids is 3. The van der Waals surface area contributed by atoms with Gasteiger partial charge in [-0.15, -0.1) is 0 Å². The number of halogens is 1. The summed E-state index contributed by atoms with van der Waals surface area (Å²) in [5.74, 6) is -1.93. The number of Topliss-reactive ketones (excluding diaryl/α,β-unsaturated/α-hetero) is 1. The summed E-state index contributed by atoms with van der Waals surface area (Å²) in [5, 5.41) is 6.05. The number of ether oxygens (including phenoxy) is 1. The van der Waals surface area contributed by atoms with E-state index in [1.807, 2.05) is 13.8 Å². The van der Waals surface area contributed by atoms with Crippen molar-refractivity contribution in [2.45, 2.75) is 50.1 Å². The second-order valence-corrected chi connectivity index (χ2v) is 12.0. The van der Waals surface area contributed by atoms with E-state index >= 15 is 0 Å². The number of carbonyl (C=O) groups is 3. The molecule has 40 heavy (non-hydrogen) atoms. The van der Waals surface area contributed by atoms with Crippen molar-refractivity contribution in [3.05, 3.63) is 60.1 Å². The highest BCUT2D eigenvalue weighted by Crippen LogP contribution is 2.25. The molecule has 0 bridgehead atoms. The van der Waals surface area contributed by atoms with Gasteiger partial charge in [0.1, 0.15) is 28.1 Å². The second kappa shape index (κ2) is 12.2. The molecule has 1 unspecified atom stereocenters. The van der Waals surface area contributed by atoms with E-state index in [2.05, 4.69) is 10.6 Å². The van der Waals surface area contributed by atoms with Gasteiger partial charge in [0.15, 0.2) is 11.5 Å². The molecule has 214 valence electrons. The maximum Gasteiger partial charge on any atom is 0.287 e. The van der Waals surface area contributed by atoms with Crippen molar-refractivity contribution >= 4 is 38.6 Å². The molecule has 2 aromatic carbocycles. The predicted molar refractivity (Wildman–Crippen MR) is 145 cm³/mol. The van der Waals surface area contributed by atoms with Gasteiger partial charge in [-0.1, -0.05) is 26.0 Å². The summed E-state index contributed by atoms with van der Waals surface area (Å²) >= 11 is 0. The van der Waals surface area contributed by atoms with Crippen molar-refractivity contribution in [3.63, 3.8) is 0 Å². The quantitative estimate of drug-likeness (QED) is 0.401. The number of fused-ring (bicyclic) bond motifs is 1. The Hall–Kier alpha value is -3.77. The monoisotopic (exact) mass is 573 g/mol. The summed E-state index contributed by atoms with van der Waals surface area (Å²) in [6.07, 6.45) is 0.760. The fourth-order valence-electron chi connectivity index (χ4n) is 4.61. The summed E-state index contributed by atoms with van der Waals surface area (Å²) in [5.41, 5.74) is 0.481. The molecule has 2 N–H and O–H groups in total. The van der Waals surface area contributed by atoms with Crippen LogP contribution in [0.3, 0.4) is 0 Å². The third kappa shape index (κ3) is 6.50. The van der Waals surface area contributed by atoms with Crippen molar-refractivity contribution < 1.29 is 36.3 Å². The van der Waals surface area contributed by atoms with Gasteiger partial charge in [0, 0.05) is 11.9 Å². The summed E-state index contributed by atoms with van der Waals surface area (Å²) in [6.45, 7) is 3.27. The minimum absolute atomic E-state index is 0.00221. The number of amides is 2. The highest BCUT2D eigenvalue weighted by atomic mass is 32.2. The zero-order chi connectivity index (χ0) is 29.0. The molecule has 0 spiro atoms. The highest BCUT2D eigenvalue weighted by Gasteiger charge is 2.35. The minimum atomic E-state index is -4.25. The van der Waals surface area contributed by atoms with E-state index in [1.165, 1.54) is 19.2 Å². The summed E-state index contributed by atoms with van der Waals surface area (Å²) < 4.78 is 52.0. The Morgan fingerprint density at radius 1 is 1.18 bits per heavy atom. The molecule has 12 heteroatoms. The predicted octanol–water partition coefficient (Wildman–Crippen LogP) is 3.26. The van der Waals surface area contributed by atoms with Crippen LogP contribution >= 0.6 is 0 Å². The zero-order valence-corrected chi connectivity index (χ0v) is 23.3. The molecular formula is C28H32FN3O7S. The molecular weight excluding hydrogens is 541 g/mol. The van der Waals surface area contributed by atoms with Crippen LogP contribution in [0.15, 0.2) is 57.8 Å². The lowest BCUT2D eigenvalue weighted by molar-refractivity contribution is -0.129. The first-order valence-corrected chi connectivity index (χ1v) is 14.4. The van der Waals surface area contributed by atoms with E-state index in [9.17, 15) is 27.2 Å². The summed E-state index contributed by atoms with van der Waals surface area (Å²) in [7, 11) is -2.72. The van der Waals surface area contributed by atoms with Crippen LogP contribution in [0.25, 0.3) is 11.0 Å². The fourth-order valence-corrected chi connectivity index (χ4v) is 6.12. The molecule has 1 aliphatic rings. The van der Waals surface area contributed by atoms with Crippen LogP contribution in [0.5, 0.6) is 5.75 Å². The number of nitrogens with zero attached hydrogens (tertiary/aromatic N) is 1. The smallest absolute Gasteiger partial charge is 0.287 e. The number of nitrogens with one attached hydrogen (secondary N) is 2. The van der Waals surface area contributed by atoms with Crippen molar-refractivity contribution in [2.75, 3.05) is 20.2 Å². The number of hydrogen-bond donors (Lipinski definition) is 2. The number of ketones is 1. The largest absolute Gasteiger partial charge is 0.497 e. The molecule has 2 atom stereocenters. The SMILES string of the molecule is COc1ccc2oc(C(=O)NC(CC(C)C)C(=O)N[C@H]3CCCN(S(=O)(=O)c4ccccc4F)CC3=O)cc2c1. The molecule has 2 amide bonds.